The molecule has 0 aliphatic rings. The van der Waals surface area contributed by atoms with Crippen LogP contribution in [0.2, 0.25) is 0 Å². The highest BCUT2D eigenvalue weighted by molar-refractivity contribution is 6.04. The summed E-state index contributed by atoms with van der Waals surface area (Å²) in [7, 11) is 0. The minimum Gasteiger partial charge on any atom is -0.354 e. The van der Waals surface area contributed by atoms with Crippen molar-refractivity contribution < 1.29 is 0 Å². The molecule has 0 aliphatic heterocycles. The average Bonchev–Trinajstić information content (AvgIpc) is 3.11. The van der Waals surface area contributed by atoms with Crippen molar-refractivity contribution in [3.63, 3.8) is 0 Å². The first-order valence-corrected chi connectivity index (χ1v) is 12.1. The Morgan fingerprint density at radius 3 is 1.36 bits per heavy atom. The number of hydrogen-bond acceptors (Lipinski definition) is 0. The largest absolute Gasteiger partial charge is 0.354 e. The van der Waals surface area contributed by atoms with Gasteiger partial charge in [0.25, 0.3) is 0 Å². The minimum atomic E-state index is 0.105. The van der Waals surface area contributed by atoms with Crippen LogP contribution in [0.1, 0.15) is 79.0 Å². The predicted molar refractivity (Wildman–Crippen MR) is 145 cm³/mol. The van der Waals surface area contributed by atoms with Gasteiger partial charge in [-0.2, -0.15) is 0 Å². The Morgan fingerprint density at radius 2 is 0.909 bits per heavy atom. The molecule has 4 rings (SSSR count). The molecule has 0 atom stereocenters. The van der Waals surface area contributed by atoms with E-state index in [2.05, 4.69) is 134 Å². The van der Waals surface area contributed by atoms with Crippen molar-refractivity contribution in [2.24, 2.45) is 0 Å². The summed E-state index contributed by atoms with van der Waals surface area (Å²) in [5.74, 6) is 0. The van der Waals surface area contributed by atoms with Gasteiger partial charge in [-0.1, -0.05) is 117 Å². The first kappa shape index (κ1) is 23.4. The van der Waals surface area contributed by atoms with E-state index in [1.807, 2.05) is 0 Å². The SMILES string of the molecule is CC(C)(C)c1ccc(-c2[nH]c3ccc(C(C)(C)C)cc3c2-c2ccc(C(C)(C)C)cc2)cc1. The minimum absolute atomic E-state index is 0.105. The molecule has 1 nitrogen and oxygen atoms in total. The molecule has 33 heavy (non-hydrogen) atoms. The second-order valence-corrected chi connectivity index (χ2v) is 12.5. The van der Waals surface area contributed by atoms with Crippen LogP contribution in [0.25, 0.3) is 33.3 Å². The molecule has 0 amide bonds. The smallest absolute Gasteiger partial charge is 0.0544 e. The fourth-order valence-electron chi connectivity index (χ4n) is 4.45. The zero-order valence-electron chi connectivity index (χ0n) is 21.9. The molecule has 0 fully saturated rings. The summed E-state index contributed by atoms with van der Waals surface area (Å²) < 4.78 is 0. The summed E-state index contributed by atoms with van der Waals surface area (Å²) >= 11 is 0. The number of benzene rings is 3. The summed E-state index contributed by atoms with van der Waals surface area (Å²) in [6.45, 7) is 20.5. The Balaban J connectivity index is 1.95. The molecule has 0 aliphatic carbocycles. The lowest BCUT2D eigenvalue weighted by Gasteiger charge is -2.20. The normalized spacial score (nSPS) is 13.0. The van der Waals surface area contributed by atoms with Crippen molar-refractivity contribution in [2.45, 2.75) is 78.6 Å². The third-order valence-electron chi connectivity index (χ3n) is 6.74. The Labute approximate surface area is 200 Å². The van der Waals surface area contributed by atoms with Crippen LogP contribution in [-0.2, 0) is 16.2 Å². The first-order valence-electron chi connectivity index (χ1n) is 12.1. The van der Waals surface area contributed by atoms with Crippen LogP contribution < -0.4 is 0 Å². The Kier molecular flexibility index (Phi) is 5.60. The first-order chi connectivity index (χ1) is 15.2. The van der Waals surface area contributed by atoms with Crippen LogP contribution in [-0.4, -0.2) is 4.98 Å². The lowest BCUT2D eigenvalue weighted by Crippen LogP contribution is -2.10. The van der Waals surface area contributed by atoms with Gasteiger partial charge in [-0.3, -0.25) is 0 Å². The molecular formula is C32H39N. The van der Waals surface area contributed by atoms with Gasteiger partial charge in [0.05, 0.1) is 5.69 Å². The zero-order chi connectivity index (χ0) is 24.2. The van der Waals surface area contributed by atoms with E-state index in [-0.39, 0.29) is 16.2 Å². The summed E-state index contributed by atoms with van der Waals surface area (Å²) in [5.41, 5.74) is 10.6. The van der Waals surface area contributed by atoms with E-state index in [1.165, 1.54) is 50.0 Å². The second-order valence-electron chi connectivity index (χ2n) is 12.5. The third kappa shape index (κ3) is 4.64. The molecule has 0 saturated carbocycles. The van der Waals surface area contributed by atoms with E-state index in [0.717, 1.165) is 0 Å². The molecule has 172 valence electrons. The Hall–Kier alpha value is -2.80. The number of nitrogens with one attached hydrogen (secondary N) is 1. The highest BCUT2D eigenvalue weighted by Crippen LogP contribution is 2.41. The van der Waals surface area contributed by atoms with Gasteiger partial charge < -0.3 is 4.98 Å². The van der Waals surface area contributed by atoms with Gasteiger partial charge in [-0.25, -0.2) is 0 Å². The molecule has 1 aromatic heterocycles. The van der Waals surface area contributed by atoms with Gasteiger partial charge in [0.2, 0.25) is 0 Å². The maximum atomic E-state index is 3.76. The summed E-state index contributed by atoms with van der Waals surface area (Å²) in [5, 5.41) is 1.29. The fraction of sp³-hybridized carbons (Fsp3) is 0.375. The van der Waals surface area contributed by atoms with Crippen LogP contribution in [0, 0.1) is 0 Å². The van der Waals surface area contributed by atoms with E-state index in [9.17, 15) is 0 Å². The standard InChI is InChI=1S/C32H39N/c1-30(2,3)23-14-10-21(11-15-23)28-26-20-25(32(7,8)9)18-19-27(26)33-29(28)22-12-16-24(17-13-22)31(4,5)6/h10-20,33H,1-9H3. The number of aromatic amines is 1. The number of aromatic nitrogens is 1. The quantitative estimate of drug-likeness (QED) is 0.321. The van der Waals surface area contributed by atoms with Gasteiger partial charge in [0.1, 0.15) is 0 Å². The average molecular weight is 438 g/mol. The highest BCUT2D eigenvalue weighted by Gasteiger charge is 2.21. The lowest BCUT2D eigenvalue weighted by molar-refractivity contribution is 0.590. The highest BCUT2D eigenvalue weighted by atomic mass is 14.7. The van der Waals surface area contributed by atoms with Gasteiger partial charge in [0, 0.05) is 16.5 Å². The van der Waals surface area contributed by atoms with Crippen molar-refractivity contribution in [1.29, 1.82) is 0 Å². The van der Waals surface area contributed by atoms with E-state index in [0.29, 0.717) is 0 Å². The molecule has 0 spiro atoms. The zero-order valence-corrected chi connectivity index (χ0v) is 21.9. The Morgan fingerprint density at radius 1 is 0.485 bits per heavy atom. The number of hydrogen-bond donors (Lipinski definition) is 1. The monoisotopic (exact) mass is 437 g/mol. The molecular weight excluding hydrogens is 398 g/mol. The molecule has 0 radical (unpaired) electrons. The van der Waals surface area contributed by atoms with Crippen LogP contribution in [0.5, 0.6) is 0 Å². The van der Waals surface area contributed by atoms with Crippen LogP contribution in [0.4, 0.5) is 0 Å². The molecule has 0 unspecified atom stereocenters. The molecule has 1 heteroatoms. The maximum absolute atomic E-state index is 3.76. The molecule has 0 bridgehead atoms. The lowest BCUT2D eigenvalue weighted by atomic mass is 9.84. The second kappa shape index (κ2) is 7.90. The molecule has 1 heterocycles. The van der Waals surface area contributed by atoms with Gasteiger partial charge in [0.15, 0.2) is 0 Å². The summed E-state index contributed by atoms with van der Waals surface area (Å²) in [6, 6.07) is 25.1. The summed E-state index contributed by atoms with van der Waals surface area (Å²) in [4.78, 5) is 3.76. The van der Waals surface area contributed by atoms with Crippen LogP contribution in [0.3, 0.4) is 0 Å². The van der Waals surface area contributed by atoms with Crippen molar-refractivity contribution in [3.8, 4) is 22.4 Å². The van der Waals surface area contributed by atoms with Crippen molar-refractivity contribution in [2.75, 3.05) is 0 Å². The Bertz CT molecular complexity index is 1260. The number of H-pyrrole nitrogens is 1. The molecule has 3 aromatic carbocycles. The van der Waals surface area contributed by atoms with E-state index >= 15 is 0 Å². The predicted octanol–water partition coefficient (Wildman–Crippen LogP) is 9.39. The van der Waals surface area contributed by atoms with Gasteiger partial charge in [-0.15, -0.1) is 0 Å². The van der Waals surface area contributed by atoms with E-state index < -0.39 is 0 Å². The van der Waals surface area contributed by atoms with Crippen LogP contribution in [0.15, 0.2) is 66.7 Å². The summed E-state index contributed by atoms with van der Waals surface area (Å²) in [6.07, 6.45) is 0. The fourth-order valence-corrected chi connectivity index (χ4v) is 4.45. The van der Waals surface area contributed by atoms with Crippen molar-refractivity contribution in [3.05, 3.63) is 83.4 Å². The van der Waals surface area contributed by atoms with Gasteiger partial charge >= 0.3 is 0 Å². The van der Waals surface area contributed by atoms with Crippen molar-refractivity contribution >= 4 is 10.9 Å². The third-order valence-corrected chi connectivity index (χ3v) is 6.74. The van der Waals surface area contributed by atoms with Gasteiger partial charge in [-0.05, 0) is 56.2 Å². The number of fused-ring (bicyclic) bond motifs is 1. The molecule has 0 saturated heterocycles. The number of rotatable bonds is 2. The van der Waals surface area contributed by atoms with Crippen molar-refractivity contribution in [1.82, 2.24) is 4.98 Å². The van der Waals surface area contributed by atoms with E-state index in [4.69, 9.17) is 0 Å². The molecule has 1 N–H and O–H groups in total. The maximum Gasteiger partial charge on any atom is 0.0544 e. The van der Waals surface area contributed by atoms with E-state index in [1.54, 1.807) is 0 Å². The topological polar surface area (TPSA) is 15.8 Å². The molecule has 4 aromatic rings. The van der Waals surface area contributed by atoms with Crippen LogP contribution >= 0.6 is 0 Å².